The van der Waals surface area contributed by atoms with Crippen molar-refractivity contribution in [3.8, 4) is 0 Å². The number of nitrogens with zero attached hydrogens (tertiary/aromatic N) is 1. The quantitative estimate of drug-likeness (QED) is 0.860. The number of nitrogens with one attached hydrogen (secondary N) is 2. The molecule has 1 atom stereocenters. The predicted molar refractivity (Wildman–Crippen MR) is 82.3 cm³/mol. The summed E-state index contributed by atoms with van der Waals surface area (Å²) in [4.78, 5) is 24.1. The molecule has 5 nitrogen and oxygen atoms in total. The van der Waals surface area contributed by atoms with Crippen molar-refractivity contribution in [3.63, 3.8) is 0 Å². The fourth-order valence-corrected chi connectivity index (χ4v) is 2.54. The maximum atomic E-state index is 13.1. The Morgan fingerprint density at radius 3 is 2.42 bits per heavy atom. The maximum Gasteiger partial charge on any atom is 0.408 e. The average molecular weight is 343 g/mol. The molecule has 0 spiro atoms. The molecule has 0 saturated carbocycles. The van der Waals surface area contributed by atoms with E-state index in [1.807, 2.05) is 0 Å². The van der Waals surface area contributed by atoms with Gasteiger partial charge in [0.15, 0.2) is 0 Å². The molecule has 2 N–H and O–H groups in total. The Morgan fingerprint density at radius 2 is 1.88 bits per heavy atom. The molecule has 2 rings (SSSR count). The van der Waals surface area contributed by atoms with Crippen LogP contribution in [0.2, 0.25) is 0 Å². The number of aryl methyl sites for hydroxylation is 1. The van der Waals surface area contributed by atoms with Gasteiger partial charge in [-0.25, -0.2) is 4.79 Å². The van der Waals surface area contributed by atoms with E-state index >= 15 is 0 Å². The van der Waals surface area contributed by atoms with Gasteiger partial charge in [-0.2, -0.15) is 13.2 Å². The zero-order chi connectivity index (χ0) is 17.7. The molecule has 8 heteroatoms. The molecule has 1 aromatic carbocycles. The summed E-state index contributed by atoms with van der Waals surface area (Å²) in [5.74, 6) is -0.226. The summed E-state index contributed by atoms with van der Waals surface area (Å²) < 4.78 is 39.4. The molecule has 1 aliphatic rings. The van der Waals surface area contributed by atoms with Crippen LogP contribution in [0.25, 0.3) is 0 Å². The van der Waals surface area contributed by atoms with E-state index in [1.165, 1.54) is 11.8 Å². The second-order valence-corrected chi connectivity index (χ2v) is 5.87. The number of hydrogen-bond donors (Lipinski definition) is 2. The maximum absolute atomic E-state index is 13.1. The van der Waals surface area contributed by atoms with Crippen molar-refractivity contribution in [2.45, 2.75) is 38.0 Å². The Labute approximate surface area is 138 Å². The summed E-state index contributed by atoms with van der Waals surface area (Å²) in [6, 6.07) is 5.98. The van der Waals surface area contributed by atoms with E-state index in [0.29, 0.717) is 0 Å². The minimum atomic E-state index is -4.51. The predicted octanol–water partition coefficient (Wildman–Crippen LogP) is 2.08. The van der Waals surface area contributed by atoms with E-state index in [0.717, 1.165) is 5.56 Å². The number of carbonyl (C=O) groups is 2. The van der Waals surface area contributed by atoms with Crippen molar-refractivity contribution in [1.82, 2.24) is 15.5 Å². The third-order valence-electron chi connectivity index (χ3n) is 3.83. The number of halogens is 3. The van der Waals surface area contributed by atoms with Gasteiger partial charge in [0.25, 0.3) is 0 Å². The molecule has 0 unspecified atom stereocenters. The Hall–Kier alpha value is -2.25. The molecule has 132 valence electrons. The summed E-state index contributed by atoms with van der Waals surface area (Å²) in [7, 11) is 0. The van der Waals surface area contributed by atoms with Gasteiger partial charge >= 0.3 is 12.2 Å². The number of rotatable bonds is 5. The monoisotopic (exact) mass is 343 g/mol. The van der Waals surface area contributed by atoms with Crippen LogP contribution in [-0.2, 0) is 11.2 Å². The van der Waals surface area contributed by atoms with Gasteiger partial charge in [0, 0.05) is 20.0 Å². The van der Waals surface area contributed by atoms with E-state index in [2.05, 4.69) is 10.6 Å². The Balaban J connectivity index is 1.85. The van der Waals surface area contributed by atoms with Crippen LogP contribution in [0, 0.1) is 0 Å². The number of urea groups is 1. The minimum Gasteiger partial charge on any atom is -0.350 e. The van der Waals surface area contributed by atoms with Crippen molar-refractivity contribution in [2.75, 3.05) is 13.1 Å². The first-order valence-electron chi connectivity index (χ1n) is 7.69. The lowest BCUT2D eigenvalue weighted by Gasteiger charge is -2.40. The van der Waals surface area contributed by atoms with E-state index in [9.17, 15) is 22.8 Å². The first-order valence-corrected chi connectivity index (χ1v) is 7.69. The van der Waals surface area contributed by atoms with Crippen LogP contribution in [0.3, 0.4) is 0 Å². The fraction of sp³-hybridized carbons (Fsp3) is 0.500. The van der Waals surface area contributed by atoms with Gasteiger partial charge in [-0.1, -0.05) is 30.3 Å². The Kier molecular flexibility index (Phi) is 5.69. The van der Waals surface area contributed by atoms with Crippen molar-refractivity contribution < 1.29 is 22.8 Å². The normalized spacial score (nSPS) is 16.2. The summed E-state index contributed by atoms with van der Waals surface area (Å²) >= 11 is 0. The molecule has 1 saturated heterocycles. The van der Waals surface area contributed by atoms with Gasteiger partial charge in [-0.3, -0.25) is 4.79 Å². The number of alkyl halides is 3. The molecule has 0 aliphatic carbocycles. The largest absolute Gasteiger partial charge is 0.408 e. The van der Waals surface area contributed by atoms with Crippen LogP contribution in [-0.4, -0.2) is 48.2 Å². The molecule has 3 amide bonds. The average Bonchev–Trinajstić information content (AvgIpc) is 2.46. The van der Waals surface area contributed by atoms with Gasteiger partial charge in [0.2, 0.25) is 5.91 Å². The van der Waals surface area contributed by atoms with E-state index in [4.69, 9.17) is 0 Å². The van der Waals surface area contributed by atoms with Crippen molar-refractivity contribution in [1.29, 1.82) is 0 Å². The first kappa shape index (κ1) is 18.1. The highest BCUT2D eigenvalue weighted by atomic mass is 19.4. The van der Waals surface area contributed by atoms with Crippen LogP contribution in [0.4, 0.5) is 18.0 Å². The smallest absolute Gasteiger partial charge is 0.350 e. The summed E-state index contributed by atoms with van der Waals surface area (Å²) in [6.07, 6.45) is -4.51. The third-order valence-corrected chi connectivity index (χ3v) is 3.83. The van der Waals surface area contributed by atoms with Gasteiger partial charge in [-0.05, 0) is 18.4 Å². The number of likely N-dealkylation sites (tertiary alicyclic amines) is 1. The van der Waals surface area contributed by atoms with Gasteiger partial charge in [0.1, 0.15) is 6.04 Å². The molecule has 1 aromatic rings. The number of carbonyl (C=O) groups excluding carboxylic acids is 2. The fourth-order valence-electron chi connectivity index (χ4n) is 2.54. The van der Waals surface area contributed by atoms with Crippen molar-refractivity contribution in [3.05, 3.63) is 35.9 Å². The highest BCUT2D eigenvalue weighted by Crippen LogP contribution is 2.24. The van der Waals surface area contributed by atoms with Crippen LogP contribution < -0.4 is 10.6 Å². The highest BCUT2D eigenvalue weighted by Gasteiger charge is 2.42. The lowest BCUT2D eigenvalue weighted by Crippen LogP contribution is -2.64. The summed E-state index contributed by atoms with van der Waals surface area (Å²) in [5.41, 5.74) is 0.788. The van der Waals surface area contributed by atoms with Gasteiger partial charge < -0.3 is 15.5 Å². The summed E-state index contributed by atoms with van der Waals surface area (Å²) in [5, 5.41) is 4.66. The zero-order valence-electron chi connectivity index (χ0n) is 13.3. The third kappa shape index (κ3) is 5.14. The molecule has 0 bridgehead atoms. The molecule has 1 heterocycles. The first-order chi connectivity index (χ1) is 11.3. The molecular formula is C16H20F3N3O2. The number of benzene rings is 1. The van der Waals surface area contributed by atoms with Crippen molar-refractivity contribution in [2.24, 2.45) is 0 Å². The number of amides is 3. The topological polar surface area (TPSA) is 61.4 Å². The standard InChI is InChI=1S/C16H20F3N3O2/c1-11(23)20-13-9-22(10-13)15(24)21-14(16(17,18)19)8-7-12-5-3-2-4-6-12/h2-6,13-14H,7-10H2,1H3,(H,20,23)(H,21,24)/t14-/m1/s1. The highest BCUT2D eigenvalue weighted by molar-refractivity contribution is 5.77. The lowest BCUT2D eigenvalue weighted by atomic mass is 10.0. The molecular weight excluding hydrogens is 323 g/mol. The van der Waals surface area contributed by atoms with Crippen LogP contribution in [0.15, 0.2) is 30.3 Å². The molecule has 0 radical (unpaired) electrons. The molecule has 0 aromatic heterocycles. The molecule has 1 aliphatic heterocycles. The minimum absolute atomic E-state index is 0.193. The van der Waals surface area contributed by atoms with Crippen LogP contribution in [0.1, 0.15) is 18.9 Å². The second-order valence-electron chi connectivity index (χ2n) is 5.87. The molecule has 1 fully saturated rings. The Bertz CT molecular complexity index is 572. The SMILES string of the molecule is CC(=O)NC1CN(C(=O)N[C@H](CCc2ccccc2)C(F)(F)F)C1. The Morgan fingerprint density at radius 1 is 1.25 bits per heavy atom. The van der Waals surface area contributed by atoms with Gasteiger partial charge in [0.05, 0.1) is 6.04 Å². The second kappa shape index (κ2) is 7.55. The van der Waals surface area contributed by atoms with Crippen molar-refractivity contribution >= 4 is 11.9 Å². The van der Waals surface area contributed by atoms with E-state index in [-0.39, 0.29) is 37.9 Å². The lowest BCUT2D eigenvalue weighted by molar-refractivity contribution is -0.155. The van der Waals surface area contributed by atoms with Gasteiger partial charge in [-0.15, -0.1) is 0 Å². The van der Waals surface area contributed by atoms with E-state index < -0.39 is 18.2 Å². The molecule has 24 heavy (non-hydrogen) atoms. The van der Waals surface area contributed by atoms with E-state index in [1.54, 1.807) is 30.3 Å². The summed E-state index contributed by atoms with van der Waals surface area (Å²) in [6.45, 7) is 1.79. The number of hydrogen-bond acceptors (Lipinski definition) is 2. The van der Waals surface area contributed by atoms with Crippen LogP contribution in [0.5, 0.6) is 0 Å². The zero-order valence-corrected chi connectivity index (χ0v) is 13.3. The van der Waals surface area contributed by atoms with Crippen LogP contribution >= 0.6 is 0 Å².